The van der Waals surface area contributed by atoms with Gasteiger partial charge < -0.3 is 10.5 Å². The third-order valence-electron chi connectivity index (χ3n) is 1.98. The normalized spacial score (nSPS) is 9.93. The molecule has 1 aromatic heterocycles. The van der Waals surface area contributed by atoms with Crippen molar-refractivity contribution in [3.05, 3.63) is 36.5 Å². The maximum Gasteiger partial charge on any atom is 0.216 e. The van der Waals surface area contributed by atoms with Crippen LogP contribution in [0.15, 0.2) is 36.5 Å². The second-order valence-electron chi connectivity index (χ2n) is 3.05. The quantitative estimate of drug-likeness (QED) is 0.752. The molecule has 0 aliphatic heterocycles. The first-order valence-electron chi connectivity index (χ1n) is 4.52. The number of hydrogen-bond acceptors (Lipinski definition) is 4. The molecule has 2 rings (SSSR count). The summed E-state index contributed by atoms with van der Waals surface area (Å²) < 4.78 is 5.02. The van der Waals surface area contributed by atoms with Gasteiger partial charge in [0.15, 0.2) is 5.82 Å². The number of aromatic nitrogens is 2. The molecule has 76 valence electrons. The molecule has 0 unspecified atom stereocenters. The van der Waals surface area contributed by atoms with Crippen molar-refractivity contribution in [2.24, 2.45) is 0 Å². The molecule has 1 heterocycles. The number of anilines is 1. The van der Waals surface area contributed by atoms with Crippen LogP contribution in [0.25, 0.3) is 11.4 Å². The van der Waals surface area contributed by atoms with Gasteiger partial charge in [-0.05, 0) is 12.1 Å². The molecule has 0 saturated carbocycles. The predicted octanol–water partition coefficient (Wildman–Crippen LogP) is 1.73. The summed E-state index contributed by atoms with van der Waals surface area (Å²) in [4.78, 5) is 8.37. The van der Waals surface area contributed by atoms with Crippen molar-refractivity contribution in [2.75, 3.05) is 12.8 Å². The van der Waals surface area contributed by atoms with E-state index in [9.17, 15) is 0 Å². The first-order valence-corrected chi connectivity index (χ1v) is 4.52. The van der Waals surface area contributed by atoms with Gasteiger partial charge in [-0.3, -0.25) is 0 Å². The second kappa shape index (κ2) is 3.96. The molecule has 0 bridgehead atoms. The van der Waals surface area contributed by atoms with E-state index < -0.39 is 0 Å². The highest BCUT2D eigenvalue weighted by molar-refractivity contribution is 5.60. The number of nitrogens with zero attached hydrogens (tertiary/aromatic N) is 2. The molecule has 4 heteroatoms. The minimum Gasteiger partial charge on any atom is -0.481 e. The number of benzene rings is 1. The lowest BCUT2D eigenvalue weighted by Crippen LogP contribution is -1.93. The van der Waals surface area contributed by atoms with Gasteiger partial charge in [0.25, 0.3) is 0 Å². The van der Waals surface area contributed by atoms with Crippen molar-refractivity contribution in [1.82, 2.24) is 9.97 Å². The number of nitrogen functional groups attached to an aromatic ring is 1. The lowest BCUT2D eigenvalue weighted by atomic mass is 10.2. The van der Waals surface area contributed by atoms with Crippen LogP contribution in [0.5, 0.6) is 5.88 Å². The van der Waals surface area contributed by atoms with E-state index in [0.29, 0.717) is 17.4 Å². The van der Waals surface area contributed by atoms with E-state index in [1.807, 2.05) is 24.3 Å². The molecule has 15 heavy (non-hydrogen) atoms. The maximum atomic E-state index is 5.68. The number of ether oxygens (including phenoxy) is 1. The van der Waals surface area contributed by atoms with E-state index in [-0.39, 0.29) is 0 Å². The zero-order valence-corrected chi connectivity index (χ0v) is 8.34. The largest absolute Gasteiger partial charge is 0.481 e. The van der Waals surface area contributed by atoms with Gasteiger partial charge in [0.1, 0.15) is 0 Å². The zero-order chi connectivity index (χ0) is 10.7. The van der Waals surface area contributed by atoms with E-state index in [4.69, 9.17) is 10.5 Å². The lowest BCUT2D eigenvalue weighted by Gasteiger charge is -2.02. The van der Waals surface area contributed by atoms with Gasteiger partial charge in [0.2, 0.25) is 5.88 Å². The predicted molar refractivity (Wildman–Crippen MR) is 58.4 cm³/mol. The molecule has 0 amide bonds. The highest BCUT2D eigenvalue weighted by atomic mass is 16.5. The third kappa shape index (κ3) is 2.04. The van der Waals surface area contributed by atoms with Gasteiger partial charge in [0.05, 0.1) is 7.11 Å². The Morgan fingerprint density at radius 1 is 1.27 bits per heavy atom. The molecule has 0 saturated heterocycles. The average Bonchev–Trinajstić information content (AvgIpc) is 2.29. The van der Waals surface area contributed by atoms with Gasteiger partial charge in [-0.25, -0.2) is 4.98 Å². The molecule has 1 aromatic carbocycles. The van der Waals surface area contributed by atoms with Crippen molar-refractivity contribution in [1.29, 1.82) is 0 Å². The Labute approximate surface area is 87.7 Å². The fourth-order valence-electron chi connectivity index (χ4n) is 1.27. The van der Waals surface area contributed by atoms with Crippen molar-refractivity contribution in [3.8, 4) is 17.3 Å². The molecule has 0 aliphatic rings. The highest BCUT2D eigenvalue weighted by Gasteiger charge is 2.02. The van der Waals surface area contributed by atoms with Crippen molar-refractivity contribution in [2.45, 2.75) is 0 Å². The summed E-state index contributed by atoms with van der Waals surface area (Å²) in [6.07, 6.45) is 1.66. The van der Waals surface area contributed by atoms with Crippen LogP contribution in [0.1, 0.15) is 0 Å². The number of methoxy groups -OCH3 is 1. The average molecular weight is 201 g/mol. The van der Waals surface area contributed by atoms with Gasteiger partial charge in [-0.15, -0.1) is 0 Å². The number of hydrogen-bond donors (Lipinski definition) is 1. The monoisotopic (exact) mass is 201 g/mol. The van der Waals surface area contributed by atoms with E-state index in [0.717, 1.165) is 5.56 Å². The lowest BCUT2D eigenvalue weighted by molar-refractivity contribution is 0.397. The molecule has 2 N–H and O–H groups in total. The summed E-state index contributed by atoms with van der Waals surface area (Å²) in [5, 5.41) is 0. The van der Waals surface area contributed by atoms with Crippen LogP contribution in [0.4, 0.5) is 5.69 Å². The SMILES string of the molecule is COc1ccnc(-c2cccc(N)c2)n1. The van der Waals surface area contributed by atoms with Gasteiger partial charge in [0, 0.05) is 23.5 Å². The number of rotatable bonds is 2. The third-order valence-corrected chi connectivity index (χ3v) is 1.98. The molecule has 2 aromatic rings. The molecule has 0 spiro atoms. The minimum absolute atomic E-state index is 0.544. The summed E-state index contributed by atoms with van der Waals surface area (Å²) in [5.74, 6) is 1.16. The first kappa shape index (κ1) is 9.45. The molecular formula is C11H11N3O. The first-order chi connectivity index (χ1) is 7.29. The van der Waals surface area contributed by atoms with E-state index in [1.54, 1.807) is 19.4 Å². The summed E-state index contributed by atoms with van der Waals surface area (Å²) in [5.41, 5.74) is 7.26. The Balaban J connectivity index is 2.44. The fraction of sp³-hybridized carbons (Fsp3) is 0.0909. The van der Waals surface area contributed by atoms with E-state index in [2.05, 4.69) is 9.97 Å². The Morgan fingerprint density at radius 3 is 2.87 bits per heavy atom. The van der Waals surface area contributed by atoms with E-state index in [1.165, 1.54) is 0 Å². The van der Waals surface area contributed by atoms with Gasteiger partial charge in [-0.1, -0.05) is 12.1 Å². The molecule has 0 radical (unpaired) electrons. The molecule has 0 atom stereocenters. The summed E-state index contributed by atoms with van der Waals surface area (Å²) >= 11 is 0. The van der Waals surface area contributed by atoms with Gasteiger partial charge >= 0.3 is 0 Å². The summed E-state index contributed by atoms with van der Waals surface area (Å²) in [6.45, 7) is 0. The molecule has 4 nitrogen and oxygen atoms in total. The maximum absolute atomic E-state index is 5.68. The van der Waals surface area contributed by atoms with Crippen LogP contribution >= 0.6 is 0 Å². The van der Waals surface area contributed by atoms with Crippen molar-refractivity contribution < 1.29 is 4.74 Å². The standard InChI is InChI=1S/C11H11N3O/c1-15-10-5-6-13-11(14-10)8-3-2-4-9(12)7-8/h2-7H,12H2,1H3. The summed E-state index contributed by atoms with van der Waals surface area (Å²) in [6, 6.07) is 9.13. The Hall–Kier alpha value is -2.10. The minimum atomic E-state index is 0.544. The molecular weight excluding hydrogens is 190 g/mol. The van der Waals surface area contributed by atoms with Crippen molar-refractivity contribution >= 4 is 5.69 Å². The fourth-order valence-corrected chi connectivity index (χ4v) is 1.27. The van der Waals surface area contributed by atoms with Crippen LogP contribution in [0, 0.1) is 0 Å². The van der Waals surface area contributed by atoms with Crippen LogP contribution < -0.4 is 10.5 Å². The highest BCUT2D eigenvalue weighted by Crippen LogP contribution is 2.18. The topological polar surface area (TPSA) is 61.0 Å². The smallest absolute Gasteiger partial charge is 0.216 e. The van der Waals surface area contributed by atoms with E-state index >= 15 is 0 Å². The molecule has 0 fully saturated rings. The zero-order valence-electron chi connectivity index (χ0n) is 8.34. The second-order valence-corrected chi connectivity index (χ2v) is 3.05. The van der Waals surface area contributed by atoms with Crippen LogP contribution in [0.3, 0.4) is 0 Å². The summed E-state index contributed by atoms with van der Waals surface area (Å²) in [7, 11) is 1.57. The Morgan fingerprint density at radius 2 is 2.13 bits per heavy atom. The van der Waals surface area contributed by atoms with Crippen LogP contribution in [-0.2, 0) is 0 Å². The molecule has 0 aliphatic carbocycles. The van der Waals surface area contributed by atoms with Crippen LogP contribution in [-0.4, -0.2) is 17.1 Å². The Bertz CT molecular complexity index is 471. The van der Waals surface area contributed by atoms with Crippen LogP contribution in [0.2, 0.25) is 0 Å². The van der Waals surface area contributed by atoms with Crippen molar-refractivity contribution in [3.63, 3.8) is 0 Å². The Kier molecular flexibility index (Phi) is 2.49. The van der Waals surface area contributed by atoms with Gasteiger partial charge in [-0.2, -0.15) is 4.98 Å². The number of nitrogens with two attached hydrogens (primary N) is 1.